The summed E-state index contributed by atoms with van der Waals surface area (Å²) in [4.78, 5) is 4.09. The van der Waals surface area contributed by atoms with E-state index in [1.807, 2.05) is 49.5 Å². The van der Waals surface area contributed by atoms with E-state index in [2.05, 4.69) is 11.1 Å². The van der Waals surface area contributed by atoms with Gasteiger partial charge in [0.05, 0.1) is 23.8 Å². The van der Waals surface area contributed by atoms with Crippen LogP contribution in [0.2, 0.25) is 0 Å². The molecule has 1 aromatic heterocycles. The lowest BCUT2D eigenvalue weighted by Gasteiger charge is -2.25. The largest absolute Gasteiger partial charge is 0.457 e. The molecule has 3 aromatic carbocycles. The summed E-state index contributed by atoms with van der Waals surface area (Å²) in [7, 11) is 1.82. The van der Waals surface area contributed by atoms with Crippen LogP contribution in [0.4, 0.5) is 0 Å². The van der Waals surface area contributed by atoms with E-state index in [0.717, 1.165) is 0 Å². The summed E-state index contributed by atoms with van der Waals surface area (Å²) in [5, 5.41) is 20.7. The van der Waals surface area contributed by atoms with Crippen molar-refractivity contribution in [2.24, 2.45) is 7.05 Å². The average molecular weight is 411 g/mol. The van der Waals surface area contributed by atoms with Crippen LogP contribution in [0.1, 0.15) is 23.7 Å². The lowest BCUT2D eigenvalue weighted by Crippen LogP contribution is -2.25. The fourth-order valence-electron chi connectivity index (χ4n) is 3.33. The molecule has 0 spiro atoms. The van der Waals surface area contributed by atoms with Crippen molar-refractivity contribution in [1.82, 2.24) is 9.55 Å². The third-order valence-electron chi connectivity index (χ3n) is 4.99. The number of ether oxygens (including phenoxy) is 2. The van der Waals surface area contributed by atoms with E-state index in [4.69, 9.17) is 9.47 Å². The molecule has 0 aliphatic heterocycles. The first kappa shape index (κ1) is 20.2. The van der Waals surface area contributed by atoms with E-state index >= 15 is 0 Å². The van der Waals surface area contributed by atoms with E-state index in [-0.39, 0.29) is 0 Å². The zero-order chi connectivity index (χ0) is 21.8. The highest BCUT2D eigenvalue weighted by molar-refractivity contribution is 5.50. The molecule has 0 amide bonds. The Morgan fingerprint density at radius 2 is 1.65 bits per heavy atom. The topological polar surface area (TPSA) is 80.3 Å². The first-order chi connectivity index (χ1) is 15.0. The van der Waals surface area contributed by atoms with Gasteiger partial charge >= 0.3 is 0 Å². The van der Waals surface area contributed by atoms with Crippen molar-refractivity contribution in [3.63, 3.8) is 0 Å². The van der Waals surface area contributed by atoms with E-state index in [1.54, 1.807) is 54.3 Å². The second-order valence-corrected chi connectivity index (χ2v) is 7.28. The highest BCUT2D eigenvalue weighted by atomic mass is 16.5. The third kappa shape index (κ3) is 4.27. The van der Waals surface area contributed by atoms with Crippen molar-refractivity contribution in [3.8, 4) is 29.1 Å². The molecule has 0 aliphatic carbocycles. The van der Waals surface area contributed by atoms with Crippen LogP contribution >= 0.6 is 0 Å². The maximum absolute atomic E-state index is 11.2. The van der Waals surface area contributed by atoms with Crippen molar-refractivity contribution < 1.29 is 14.6 Å². The number of imidazole rings is 1. The molecule has 6 nitrogen and oxygen atoms in total. The third-order valence-corrected chi connectivity index (χ3v) is 4.99. The average Bonchev–Trinajstić information content (AvgIpc) is 3.21. The summed E-state index contributed by atoms with van der Waals surface area (Å²) in [5.74, 6) is 2.19. The smallest absolute Gasteiger partial charge is 0.145 e. The van der Waals surface area contributed by atoms with E-state index in [1.165, 1.54) is 0 Å². The van der Waals surface area contributed by atoms with Gasteiger partial charge in [-0.3, -0.25) is 0 Å². The SMILES string of the molecule is Cn1cncc1C(C)(O)c1ccc(C#N)c(Oc2cccc(Oc3ccccc3)c2)c1. The molecule has 6 heteroatoms. The Kier molecular flexibility index (Phi) is 5.44. The minimum atomic E-state index is -1.31. The molecule has 0 radical (unpaired) electrons. The van der Waals surface area contributed by atoms with Gasteiger partial charge in [0.1, 0.15) is 34.7 Å². The molecule has 1 heterocycles. The number of benzene rings is 3. The van der Waals surface area contributed by atoms with E-state index < -0.39 is 5.60 Å². The second-order valence-electron chi connectivity index (χ2n) is 7.28. The normalized spacial score (nSPS) is 12.6. The minimum absolute atomic E-state index is 0.347. The molecule has 4 aromatic rings. The molecule has 4 rings (SSSR count). The highest BCUT2D eigenvalue weighted by Crippen LogP contribution is 2.35. The van der Waals surface area contributed by atoms with Crippen molar-refractivity contribution in [3.05, 3.63) is 102 Å². The number of nitriles is 1. The van der Waals surface area contributed by atoms with Gasteiger partial charge in [0.15, 0.2) is 0 Å². The molecule has 1 N–H and O–H groups in total. The molecular weight excluding hydrogens is 390 g/mol. The summed E-state index contributed by atoms with van der Waals surface area (Å²) in [6.45, 7) is 1.68. The van der Waals surface area contributed by atoms with Gasteiger partial charge in [0, 0.05) is 13.1 Å². The second kappa shape index (κ2) is 8.34. The van der Waals surface area contributed by atoms with Gasteiger partial charge in [-0.15, -0.1) is 0 Å². The Bertz CT molecular complexity index is 1240. The summed E-state index contributed by atoms with van der Waals surface area (Å²) < 4.78 is 13.6. The van der Waals surface area contributed by atoms with Crippen molar-refractivity contribution in [1.29, 1.82) is 5.26 Å². The van der Waals surface area contributed by atoms with E-state index in [0.29, 0.717) is 39.8 Å². The number of aliphatic hydroxyl groups is 1. The van der Waals surface area contributed by atoms with Gasteiger partial charge in [0.25, 0.3) is 0 Å². The summed E-state index contributed by atoms with van der Waals surface area (Å²) in [6, 6.07) is 23.8. The van der Waals surface area contributed by atoms with Gasteiger partial charge in [-0.2, -0.15) is 5.26 Å². The molecule has 0 bridgehead atoms. The molecule has 1 unspecified atom stereocenters. The predicted octanol–water partition coefficient (Wildman–Crippen LogP) is 5.13. The summed E-state index contributed by atoms with van der Waals surface area (Å²) in [6.07, 6.45) is 3.24. The molecule has 31 heavy (non-hydrogen) atoms. The number of aryl methyl sites for hydroxylation is 1. The van der Waals surface area contributed by atoms with E-state index in [9.17, 15) is 10.4 Å². The first-order valence-electron chi connectivity index (χ1n) is 9.72. The Balaban J connectivity index is 1.64. The van der Waals surface area contributed by atoms with Gasteiger partial charge < -0.3 is 19.1 Å². The zero-order valence-corrected chi connectivity index (χ0v) is 17.2. The first-order valence-corrected chi connectivity index (χ1v) is 9.72. The fraction of sp³-hybridized carbons (Fsp3) is 0.120. The number of aromatic nitrogens is 2. The molecule has 1 atom stereocenters. The lowest BCUT2D eigenvalue weighted by molar-refractivity contribution is 0.0939. The highest BCUT2D eigenvalue weighted by Gasteiger charge is 2.29. The lowest BCUT2D eigenvalue weighted by atomic mass is 9.91. The van der Waals surface area contributed by atoms with Crippen molar-refractivity contribution in [2.75, 3.05) is 0 Å². The molecule has 0 saturated heterocycles. The van der Waals surface area contributed by atoms with Crippen LogP contribution in [-0.2, 0) is 12.6 Å². The van der Waals surface area contributed by atoms with Crippen LogP contribution in [0, 0.1) is 11.3 Å². The summed E-state index contributed by atoms with van der Waals surface area (Å²) in [5.41, 5.74) is 0.262. The summed E-state index contributed by atoms with van der Waals surface area (Å²) >= 11 is 0. The molecular formula is C25H21N3O3. The van der Waals surface area contributed by atoms with Crippen LogP contribution in [0.3, 0.4) is 0 Å². The zero-order valence-electron chi connectivity index (χ0n) is 17.2. The van der Waals surface area contributed by atoms with Crippen LogP contribution in [-0.4, -0.2) is 14.7 Å². The van der Waals surface area contributed by atoms with Crippen molar-refractivity contribution in [2.45, 2.75) is 12.5 Å². The van der Waals surface area contributed by atoms with Gasteiger partial charge in [-0.1, -0.05) is 30.3 Å². The molecule has 0 fully saturated rings. The quantitative estimate of drug-likeness (QED) is 0.476. The standard InChI is InChI=1S/C25H21N3O3/c1-25(29,24-16-27-17-28(24)2)19-12-11-18(15-26)23(13-19)31-22-10-6-9-21(14-22)30-20-7-4-3-5-8-20/h3-14,16-17,29H,1-2H3. The molecule has 154 valence electrons. The maximum atomic E-state index is 11.2. The maximum Gasteiger partial charge on any atom is 0.145 e. The Hall–Kier alpha value is -4.08. The van der Waals surface area contributed by atoms with Crippen LogP contribution in [0.15, 0.2) is 85.3 Å². The van der Waals surface area contributed by atoms with Gasteiger partial charge in [-0.25, -0.2) is 4.98 Å². The van der Waals surface area contributed by atoms with Crippen LogP contribution in [0.25, 0.3) is 0 Å². The molecule has 0 aliphatic rings. The number of nitrogens with zero attached hydrogens (tertiary/aromatic N) is 3. The molecule has 0 saturated carbocycles. The minimum Gasteiger partial charge on any atom is -0.457 e. The number of hydrogen-bond acceptors (Lipinski definition) is 5. The Morgan fingerprint density at radius 1 is 0.935 bits per heavy atom. The number of hydrogen-bond donors (Lipinski definition) is 1. The van der Waals surface area contributed by atoms with Crippen LogP contribution in [0.5, 0.6) is 23.0 Å². The Morgan fingerprint density at radius 3 is 2.32 bits per heavy atom. The Labute approximate surface area is 180 Å². The van der Waals surface area contributed by atoms with Crippen molar-refractivity contribution >= 4 is 0 Å². The predicted molar refractivity (Wildman–Crippen MR) is 116 cm³/mol. The monoisotopic (exact) mass is 411 g/mol. The van der Waals surface area contributed by atoms with Gasteiger partial charge in [-0.05, 0) is 48.9 Å². The van der Waals surface area contributed by atoms with Gasteiger partial charge in [0.2, 0.25) is 0 Å². The number of rotatable bonds is 6. The fourth-order valence-corrected chi connectivity index (χ4v) is 3.33. The van der Waals surface area contributed by atoms with Crippen LogP contribution < -0.4 is 9.47 Å². The number of para-hydroxylation sites is 1.